The van der Waals surface area contributed by atoms with E-state index in [1.54, 1.807) is 23.6 Å². The van der Waals surface area contributed by atoms with Crippen molar-refractivity contribution < 1.29 is 18.0 Å². The topological polar surface area (TPSA) is 57.8 Å². The number of rotatable bonds is 4. The van der Waals surface area contributed by atoms with Crippen molar-refractivity contribution in [3.63, 3.8) is 0 Å². The van der Waals surface area contributed by atoms with E-state index in [0.29, 0.717) is 11.1 Å². The Hall–Kier alpha value is -3.13. The van der Waals surface area contributed by atoms with Gasteiger partial charge in [-0.3, -0.25) is 4.79 Å². The third-order valence-corrected chi connectivity index (χ3v) is 4.98. The van der Waals surface area contributed by atoms with Gasteiger partial charge in [-0.1, -0.05) is 36.4 Å². The fourth-order valence-corrected chi connectivity index (χ4v) is 3.59. The number of alkyl halides is 3. The minimum absolute atomic E-state index is 0.215. The van der Waals surface area contributed by atoms with Crippen molar-refractivity contribution >= 4 is 28.3 Å². The van der Waals surface area contributed by atoms with Crippen LogP contribution in [0.3, 0.4) is 0 Å². The van der Waals surface area contributed by atoms with Crippen LogP contribution >= 0.6 is 11.3 Å². The lowest BCUT2D eigenvalue weighted by molar-refractivity contribution is -0.144. The number of hydrogen-bond donors (Lipinski definition) is 2. The fraction of sp³-hybridized carbons (Fsp3) is 0.100. The van der Waals surface area contributed by atoms with Crippen molar-refractivity contribution in [2.45, 2.75) is 12.2 Å². The number of fused-ring (bicyclic) bond motifs is 1. The number of carbonyl (C=O) groups excluding carboxylic acids is 1. The SMILES string of the molecule is O=C(NC(c1ccccc1)c1ccc2nc(C(F)(F)F)[nH]c2c1)c1ccsc1. The van der Waals surface area contributed by atoms with E-state index >= 15 is 0 Å². The second-order valence-electron chi connectivity index (χ2n) is 6.19. The molecule has 0 aliphatic rings. The maximum atomic E-state index is 12.9. The number of amides is 1. The number of halogens is 3. The molecule has 2 N–H and O–H groups in total. The number of hydrogen-bond acceptors (Lipinski definition) is 3. The number of nitrogens with zero attached hydrogens (tertiary/aromatic N) is 1. The Labute approximate surface area is 162 Å². The lowest BCUT2D eigenvalue weighted by atomic mass is 9.98. The number of nitrogens with one attached hydrogen (secondary N) is 2. The molecule has 0 aliphatic heterocycles. The van der Waals surface area contributed by atoms with Crippen molar-refractivity contribution in [1.29, 1.82) is 0 Å². The summed E-state index contributed by atoms with van der Waals surface area (Å²) in [6.45, 7) is 0. The van der Waals surface area contributed by atoms with Crippen molar-refractivity contribution in [2.24, 2.45) is 0 Å². The zero-order chi connectivity index (χ0) is 19.7. The number of carbonyl (C=O) groups is 1. The van der Waals surface area contributed by atoms with E-state index in [0.717, 1.165) is 5.56 Å². The molecule has 0 fully saturated rings. The molecule has 28 heavy (non-hydrogen) atoms. The van der Waals surface area contributed by atoms with Gasteiger partial charge < -0.3 is 10.3 Å². The first-order valence-corrected chi connectivity index (χ1v) is 9.31. The monoisotopic (exact) mass is 401 g/mol. The van der Waals surface area contributed by atoms with Crippen LogP contribution < -0.4 is 5.32 Å². The maximum absolute atomic E-state index is 12.9. The number of thiophene rings is 1. The highest BCUT2D eigenvalue weighted by Crippen LogP contribution is 2.30. The van der Waals surface area contributed by atoms with E-state index in [4.69, 9.17) is 0 Å². The van der Waals surface area contributed by atoms with Crippen LogP contribution in [0.2, 0.25) is 0 Å². The van der Waals surface area contributed by atoms with Gasteiger partial charge in [0.2, 0.25) is 5.82 Å². The van der Waals surface area contributed by atoms with Crippen LogP contribution in [0.5, 0.6) is 0 Å². The predicted octanol–water partition coefficient (Wildman–Crippen LogP) is 5.16. The lowest BCUT2D eigenvalue weighted by Gasteiger charge is -2.19. The van der Waals surface area contributed by atoms with E-state index in [9.17, 15) is 18.0 Å². The summed E-state index contributed by atoms with van der Waals surface area (Å²) >= 11 is 1.41. The largest absolute Gasteiger partial charge is 0.449 e. The minimum Gasteiger partial charge on any atom is -0.341 e. The van der Waals surface area contributed by atoms with Crippen LogP contribution in [-0.4, -0.2) is 15.9 Å². The standard InChI is InChI=1S/C20H14F3N3OS/c21-20(22,23)19-24-15-7-6-13(10-16(15)25-19)17(12-4-2-1-3-5-12)26-18(27)14-8-9-28-11-14/h1-11,17H,(H,24,25)(H,26,27). The van der Waals surface area contributed by atoms with Crippen molar-refractivity contribution in [2.75, 3.05) is 0 Å². The van der Waals surface area contributed by atoms with Crippen molar-refractivity contribution in [3.05, 3.63) is 87.9 Å². The second kappa shape index (κ2) is 7.12. The fourth-order valence-electron chi connectivity index (χ4n) is 2.95. The van der Waals surface area contributed by atoms with Gasteiger partial charge in [-0.05, 0) is 34.7 Å². The normalized spacial score (nSPS) is 12.8. The summed E-state index contributed by atoms with van der Waals surface area (Å²) in [7, 11) is 0. The Balaban J connectivity index is 1.74. The first kappa shape index (κ1) is 18.2. The zero-order valence-corrected chi connectivity index (χ0v) is 15.1. The molecule has 4 nitrogen and oxygen atoms in total. The summed E-state index contributed by atoms with van der Waals surface area (Å²) in [6.07, 6.45) is -4.55. The number of aromatic amines is 1. The van der Waals surface area contributed by atoms with Crippen LogP contribution in [0.15, 0.2) is 65.4 Å². The molecule has 0 aliphatic carbocycles. The molecule has 1 unspecified atom stereocenters. The Morgan fingerprint density at radius 3 is 2.54 bits per heavy atom. The summed E-state index contributed by atoms with van der Waals surface area (Å²) in [5.41, 5.74) is 2.48. The van der Waals surface area contributed by atoms with Gasteiger partial charge in [-0.15, -0.1) is 0 Å². The molecule has 4 rings (SSSR count). The molecule has 142 valence electrons. The van der Waals surface area contributed by atoms with Crippen LogP contribution in [0.1, 0.15) is 33.4 Å². The van der Waals surface area contributed by atoms with E-state index in [1.807, 2.05) is 35.7 Å². The highest BCUT2D eigenvalue weighted by molar-refractivity contribution is 7.08. The first-order chi connectivity index (χ1) is 13.4. The Bertz CT molecular complexity index is 1100. The quantitative estimate of drug-likeness (QED) is 0.496. The molecule has 2 aromatic carbocycles. The molecule has 0 saturated carbocycles. The van der Waals surface area contributed by atoms with Crippen LogP contribution in [0.4, 0.5) is 13.2 Å². The summed E-state index contributed by atoms with van der Waals surface area (Å²) in [5, 5.41) is 6.51. The number of H-pyrrole nitrogens is 1. The molecule has 4 aromatic rings. The van der Waals surface area contributed by atoms with Gasteiger partial charge >= 0.3 is 6.18 Å². The van der Waals surface area contributed by atoms with E-state index in [1.165, 1.54) is 17.4 Å². The molecular weight excluding hydrogens is 387 g/mol. The molecule has 2 aromatic heterocycles. The lowest BCUT2D eigenvalue weighted by Crippen LogP contribution is -2.29. The van der Waals surface area contributed by atoms with Gasteiger partial charge in [0.25, 0.3) is 5.91 Å². The molecule has 0 bridgehead atoms. The van der Waals surface area contributed by atoms with E-state index in [2.05, 4.69) is 15.3 Å². The van der Waals surface area contributed by atoms with Gasteiger partial charge in [-0.2, -0.15) is 24.5 Å². The van der Waals surface area contributed by atoms with Crippen LogP contribution in [0.25, 0.3) is 11.0 Å². The Morgan fingerprint density at radius 2 is 1.86 bits per heavy atom. The number of aromatic nitrogens is 2. The molecule has 0 spiro atoms. The summed E-state index contributed by atoms with van der Waals surface area (Å²) in [4.78, 5) is 18.5. The summed E-state index contributed by atoms with van der Waals surface area (Å²) in [5.74, 6) is -1.30. The molecule has 0 saturated heterocycles. The number of imidazole rings is 1. The third-order valence-electron chi connectivity index (χ3n) is 4.30. The van der Waals surface area contributed by atoms with Crippen LogP contribution in [0, 0.1) is 0 Å². The van der Waals surface area contributed by atoms with Gasteiger partial charge in [0.1, 0.15) is 0 Å². The zero-order valence-electron chi connectivity index (χ0n) is 14.3. The number of benzene rings is 2. The smallest absolute Gasteiger partial charge is 0.341 e. The van der Waals surface area contributed by atoms with Crippen molar-refractivity contribution in [1.82, 2.24) is 15.3 Å². The van der Waals surface area contributed by atoms with Crippen LogP contribution in [-0.2, 0) is 6.18 Å². The second-order valence-corrected chi connectivity index (χ2v) is 6.97. The molecule has 8 heteroatoms. The highest BCUT2D eigenvalue weighted by atomic mass is 32.1. The Kier molecular flexibility index (Phi) is 4.64. The maximum Gasteiger partial charge on any atom is 0.449 e. The average Bonchev–Trinajstić information content (AvgIpc) is 3.35. The molecule has 1 amide bonds. The highest BCUT2D eigenvalue weighted by Gasteiger charge is 2.34. The molecule has 1 atom stereocenters. The molecule has 0 radical (unpaired) electrons. The minimum atomic E-state index is -4.55. The van der Waals surface area contributed by atoms with Gasteiger partial charge in [0.15, 0.2) is 0 Å². The van der Waals surface area contributed by atoms with Gasteiger partial charge in [0.05, 0.1) is 22.6 Å². The third kappa shape index (κ3) is 3.63. The summed E-state index contributed by atoms with van der Waals surface area (Å²) in [6, 6.07) is 15.2. The van der Waals surface area contributed by atoms with E-state index < -0.39 is 18.0 Å². The summed E-state index contributed by atoms with van der Waals surface area (Å²) < 4.78 is 38.8. The van der Waals surface area contributed by atoms with Gasteiger partial charge in [0, 0.05) is 5.38 Å². The predicted molar refractivity (Wildman–Crippen MR) is 101 cm³/mol. The van der Waals surface area contributed by atoms with Crippen molar-refractivity contribution in [3.8, 4) is 0 Å². The van der Waals surface area contributed by atoms with Gasteiger partial charge in [-0.25, -0.2) is 4.98 Å². The Morgan fingerprint density at radius 1 is 1.07 bits per heavy atom. The first-order valence-electron chi connectivity index (χ1n) is 8.37. The average molecular weight is 401 g/mol. The molecular formula is C20H14F3N3OS. The van der Waals surface area contributed by atoms with E-state index in [-0.39, 0.29) is 16.9 Å². The molecule has 2 heterocycles.